The first kappa shape index (κ1) is 14.4. The summed E-state index contributed by atoms with van der Waals surface area (Å²) in [6.07, 6.45) is 9.71. The van der Waals surface area contributed by atoms with Crippen LogP contribution in [-0.2, 0) is 6.42 Å². The Kier molecular flexibility index (Phi) is 4.87. The van der Waals surface area contributed by atoms with Crippen molar-refractivity contribution in [3.05, 3.63) is 29.8 Å². The van der Waals surface area contributed by atoms with Crippen molar-refractivity contribution in [3.8, 4) is 5.75 Å². The summed E-state index contributed by atoms with van der Waals surface area (Å²) >= 11 is 0. The predicted octanol–water partition coefficient (Wildman–Crippen LogP) is 4.01. The lowest BCUT2D eigenvalue weighted by Gasteiger charge is -2.37. The Morgan fingerprint density at radius 1 is 1.32 bits per heavy atom. The van der Waals surface area contributed by atoms with Gasteiger partial charge in [0.15, 0.2) is 0 Å². The lowest BCUT2D eigenvalue weighted by molar-refractivity contribution is 0.221. The van der Waals surface area contributed by atoms with E-state index in [4.69, 9.17) is 5.73 Å². The van der Waals surface area contributed by atoms with Gasteiger partial charge in [-0.25, -0.2) is 0 Å². The maximum absolute atomic E-state index is 9.52. The molecule has 0 bridgehead atoms. The fraction of sp³-hybridized carbons (Fsp3) is 0.647. The van der Waals surface area contributed by atoms with Gasteiger partial charge in [0.1, 0.15) is 5.75 Å². The number of hydrogen-bond acceptors (Lipinski definition) is 2. The van der Waals surface area contributed by atoms with Gasteiger partial charge in [-0.1, -0.05) is 38.3 Å². The number of benzene rings is 1. The molecular weight excluding hydrogens is 234 g/mol. The standard InChI is InChI=1S/C17H27NO/c1-2-3-5-14-8-10-17(18,11-9-14)13-15-6-4-7-16(19)12-15/h4,6-7,12,14,19H,2-3,5,8-11,13,18H2,1H3. The van der Waals surface area contributed by atoms with Gasteiger partial charge in [0.05, 0.1) is 0 Å². The largest absolute Gasteiger partial charge is 0.508 e. The van der Waals surface area contributed by atoms with Crippen molar-refractivity contribution in [2.75, 3.05) is 0 Å². The van der Waals surface area contributed by atoms with Crippen LogP contribution in [0.3, 0.4) is 0 Å². The topological polar surface area (TPSA) is 46.2 Å². The van der Waals surface area contributed by atoms with Crippen LogP contribution in [0.4, 0.5) is 0 Å². The SMILES string of the molecule is CCCCC1CCC(N)(Cc2cccc(O)c2)CC1. The first-order valence-corrected chi connectivity index (χ1v) is 7.68. The van der Waals surface area contributed by atoms with Crippen LogP contribution in [0.1, 0.15) is 57.4 Å². The number of hydrogen-bond donors (Lipinski definition) is 2. The Balaban J connectivity index is 1.87. The van der Waals surface area contributed by atoms with Crippen molar-refractivity contribution in [2.45, 2.75) is 63.8 Å². The normalized spacial score (nSPS) is 27.4. The number of rotatable bonds is 5. The van der Waals surface area contributed by atoms with E-state index in [2.05, 4.69) is 13.0 Å². The Morgan fingerprint density at radius 2 is 2.05 bits per heavy atom. The summed E-state index contributed by atoms with van der Waals surface area (Å²) in [5.74, 6) is 1.23. The van der Waals surface area contributed by atoms with Crippen LogP contribution in [0.25, 0.3) is 0 Å². The molecule has 0 radical (unpaired) electrons. The van der Waals surface area contributed by atoms with Gasteiger partial charge in [-0.15, -0.1) is 0 Å². The minimum absolute atomic E-state index is 0.0590. The maximum atomic E-state index is 9.52. The minimum atomic E-state index is -0.0590. The molecule has 0 atom stereocenters. The number of nitrogens with two attached hydrogens (primary N) is 1. The van der Waals surface area contributed by atoms with E-state index < -0.39 is 0 Å². The molecule has 0 aromatic heterocycles. The fourth-order valence-electron chi connectivity index (χ4n) is 3.28. The molecule has 1 fully saturated rings. The summed E-state index contributed by atoms with van der Waals surface area (Å²) < 4.78 is 0. The van der Waals surface area contributed by atoms with E-state index >= 15 is 0 Å². The van der Waals surface area contributed by atoms with Crippen molar-refractivity contribution in [2.24, 2.45) is 11.7 Å². The summed E-state index contributed by atoms with van der Waals surface area (Å²) in [4.78, 5) is 0. The zero-order valence-corrected chi connectivity index (χ0v) is 12.1. The summed E-state index contributed by atoms with van der Waals surface area (Å²) in [5, 5.41) is 9.52. The van der Waals surface area contributed by atoms with Crippen molar-refractivity contribution >= 4 is 0 Å². The summed E-state index contributed by atoms with van der Waals surface area (Å²) in [6.45, 7) is 2.26. The zero-order valence-electron chi connectivity index (χ0n) is 12.1. The van der Waals surface area contributed by atoms with Crippen LogP contribution in [-0.4, -0.2) is 10.6 Å². The van der Waals surface area contributed by atoms with Crippen molar-refractivity contribution in [1.29, 1.82) is 0 Å². The molecule has 0 aliphatic heterocycles. The molecule has 0 unspecified atom stereocenters. The van der Waals surface area contributed by atoms with E-state index in [1.807, 2.05) is 12.1 Å². The van der Waals surface area contributed by atoms with E-state index in [1.54, 1.807) is 6.07 Å². The molecule has 2 rings (SSSR count). The van der Waals surface area contributed by atoms with E-state index in [0.717, 1.165) is 30.7 Å². The molecule has 1 aromatic rings. The Bertz CT molecular complexity index is 394. The van der Waals surface area contributed by atoms with Gasteiger partial charge in [0, 0.05) is 5.54 Å². The molecule has 2 nitrogen and oxygen atoms in total. The zero-order chi connectivity index (χ0) is 13.7. The highest BCUT2D eigenvalue weighted by Gasteiger charge is 2.31. The summed E-state index contributed by atoms with van der Waals surface area (Å²) in [7, 11) is 0. The molecule has 106 valence electrons. The van der Waals surface area contributed by atoms with E-state index in [-0.39, 0.29) is 5.54 Å². The highest BCUT2D eigenvalue weighted by molar-refractivity contribution is 5.28. The van der Waals surface area contributed by atoms with Crippen LogP contribution >= 0.6 is 0 Å². The van der Waals surface area contributed by atoms with Gasteiger partial charge in [-0.05, 0) is 55.7 Å². The Hall–Kier alpha value is -1.02. The number of aromatic hydroxyl groups is 1. The number of unbranched alkanes of at least 4 members (excludes halogenated alkanes) is 1. The first-order chi connectivity index (χ1) is 9.11. The third kappa shape index (κ3) is 4.24. The van der Waals surface area contributed by atoms with Crippen molar-refractivity contribution in [3.63, 3.8) is 0 Å². The Labute approximate surface area is 117 Å². The molecule has 1 saturated carbocycles. The summed E-state index contributed by atoms with van der Waals surface area (Å²) in [5.41, 5.74) is 7.65. The van der Waals surface area contributed by atoms with Gasteiger partial charge < -0.3 is 10.8 Å². The quantitative estimate of drug-likeness (QED) is 0.841. The molecule has 3 N–H and O–H groups in total. The van der Waals surface area contributed by atoms with Crippen molar-refractivity contribution in [1.82, 2.24) is 0 Å². The van der Waals surface area contributed by atoms with Crippen molar-refractivity contribution < 1.29 is 5.11 Å². The average molecular weight is 261 g/mol. The van der Waals surface area contributed by atoms with Gasteiger partial charge >= 0.3 is 0 Å². The smallest absolute Gasteiger partial charge is 0.115 e. The molecule has 1 aromatic carbocycles. The van der Waals surface area contributed by atoms with Gasteiger partial charge in [0.2, 0.25) is 0 Å². The second kappa shape index (κ2) is 6.42. The van der Waals surface area contributed by atoms with Gasteiger partial charge in [-0.2, -0.15) is 0 Å². The lowest BCUT2D eigenvalue weighted by Crippen LogP contribution is -2.45. The van der Waals surface area contributed by atoms with Crippen LogP contribution in [0.15, 0.2) is 24.3 Å². The molecular formula is C17H27NO. The molecule has 0 amide bonds. The number of phenolic OH excluding ortho intramolecular Hbond substituents is 1. The lowest BCUT2D eigenvalue weighted by atomic mass is 9.73. The second-order valence-corrected chi connectivity index (χ2v) is 6.29. The average Bonchev–Trinajstić information content (AvgIpc) is 2.38. The highest BCUT2D eigenvalue weighted by Crippen LogP contribution is 2.35. The van der Waals surface area contributed by atoms with E-state index in [9.17, 15) is 5.11 Å². The number of phenols is 1. The second-order valence-electron chi connectivity index (χ2n) is 6.29. The highest BCUT2D eigenvalue weighted by atomic mass is 16.3. The monoisotopic (exact) mass is 261 g/mol. The third-order valence-electron chi connectivity index (χ3n) is 4.53. The third-order valence-corrected chi connectivity index (χ3v) is 4.53. The maximum Gasteiger partial charge on any atom is 0.115 e. The molecule has 1 aliphatic rings. The van der Waals surface area contributed by atoms with E-state index in [0.29, 0.717) is 5.75 Å². The molecule has 0 heterocycles. The fourth-order valence-corrected chi connectivity index (χ4v) is 3.28. The summed E-state index contributed by atoms with van der Waals surface area (Å²) in [6, 6.07) is 7.53. The molecule has 1 aliphatic carbocycles. The van der Waals surface area contributed by atoms with Crippen LogP contribution in [0.5, 0.6) is 5.75 Å². The predicted molar refractivity (Wildman–Crippen MR) is 80.2 cm³/mol. The minimum Gasteiger partial charge on any atom is -0.508 e. The molecule has 2 heteroatoms. The molecule has 0 spiro atoms. The first-order valence-electron chi connectivity index (χ1n) is 7.68. The van der Waals surface area contributed by atoms with Gasteiger partial charge in [0.25, 0.3) is 0 Å². The van der Waals surface area contributed by atoms with Crippen LogP contribution in [0.2, 0.25) is 0 Å². The Morgan fingerprint density at radius 3 is 2.68 bits per heavy atom. The van der Waals surface area contributed by atoms with Crippen LogP contribution < -0.4 is 5.73 Å². The van der Waals surface area contributed by atoms with Crippen LogP contribution in [0, 0.1) is 5.92 Å². The van der Waals surface area contributed by atoms with E-state index in [1.165, 1.54) is 32.1 Å². The molecule has 19 heavy (non-hydrogen) atoms. The van der Waals surface area contributed by atoms with Gasteiger partial charge in [-0.3, -0.25) is 0 Å². The molecule has 0 saturated heterocycles.